The Hall–Kier alpha value is -3.00. The van der Waals surface area contributed by atoms with E-state index in [9.17, 15) is 20.1 Å². The van der Waals surface area contributed by atoms with Crippen molar-refractivity contribution >= 4 is 17.3 Å². The van der Waals surface area contributed by atoms with Crippen LogP contribution in [0.4, 0.5) is 11.4 Å². The van der Waals surface area contributed by atoms with Gasteiger partial charge in [0.25, 0.3) is 5.69 Å². The van der Waals surface area contributed by atoms with Crippen molar-refractivity contribution in [1.82, 2.24) is 4.98 Å². The summed E-state index contributed by atoms with van der Waals surface area (Å²) in [7, 11) is 0. The van der Waals surface area contributed by atoms with E-state index in [1.54, 1.807) is 19.1 Å². The highest BCUT2D eigenvalue weighted by Crippen LogP contribution is 2.32. The van der Waals surface area contributed by atoms with Crippen LogP contribution in [0.25, 0.3) is 0 Å². The summed E-state index contributed by atoms with van der Waals surface area (Å²) in [6.07, 6.45) is 1.38. The van der Waals surface area contributed by atoms with Crippen molar-refractivity contribution in [1.29, 1.82) is 0 Å². The minimum absolute atomic E-state index is 0.0341. The number of carbonyl (C=O) groups is 1. The van der Waals surface area contributed by atoms with E-state index in [1.165, 1.54) is 24.4 Å². The summed E-state index contributed by atoms with van der Waals surface area (Å²) in [5.74, 6) is -0.593. The van der Waals surface area contributed by atoms with E-state index in [1.807, 2.05) is 0 Å². The number of hydroxylamine groups is 1. The molecule has 0 unspecified atom stereocenters. The topological polar surface area (TPSA) is 106 Å². The van der Waals surface area contributed by atoms with Crippen molar-refractivity contribution in [2.24, 2.45) is 0 Å². The summed E-state index contributed by atoms with van der Waals surface area (Å²) in [4.78, 5) is 26.3. The summed E-state index contributed by atoms with van der Waals surface area (Å²) >= 11 is 0. The Morgan fingerprint density at radius 3 is 2.77 bits per heavy atom. The number of benzene rings is 1. The van der Waals surface area contributed by atoms with E-state index in [4.69, 9.17) is 4.74 Å². The Kier molecular flexibility index (Phi) is 4.64. The monoisotopic (exact) mass is 303 g/mol. The van der Waals surface area contributed by atoms with Gasteiger partial charge in [-0.3, -0.25) is 25.1 Å². The summed E-state index contributed by atoms with van der Waals surface area (Å²) in [6.45, 7) is 2.08. The zero-order valence-corrected chi connectivity index (χ0v) is 11.7. The molecule has 8 nitrogen and oxygen atoms in total. The van der Waals surface area contributed by atoms with Crippen LogP contribution in [0.5, 0.6) is 5.75 Å². The summed E-state index contributed by atoms with van der Waals surface area (Å²) in [5, 5.41) is 21.3. The van der Waals surface area contributed by atoms with Crippen molar-refractivity contribution in [2.45, 2.75) is 6.92 Å². The van der Waals surface area contributed by atoms with Gasteiger partial charge in [-0.2, -0.15) is 5.06 Å². The molecule has 1 heterocycles. The fraction of sp³-hybridized carbons (Fsp3) is 0.143. The number of anilines is 1. The molecule has 0 bridgehead atoms. The van der Waals surface area contributed by atoms with Gasteiger partial charge in [0.15, 0.2) is 5.69 Å². The van der Waals surface area contributed by atoms with Gasteiger partial charge in [-0.25, -0.2) is 0 Å². The summed E-state index contributed by atoms with van der Waals surface area (Å²) < 4.78 is 5.17. The van der Waals surface area contributed by atoms with Gasteiger partial charge in [0.05, 0.1) is 17.6 Å². The Balaban J connectivity index is 2.38. The predicted molar refractivity (Wildman–Crippen MR) is 77.1 cm³/mol. The molecule has 114 valence electrons. The average molecular weight is 303 g/mol. The Labute approximate surface area is 125 Å². The minimum Gasteiger partial charge on any atom is -0.494 e. The smallest absolute Gasteiger partial charge is 0.300 e. The third kappa shape index (κ3) is 3.18. The molecule has 0 saturated carbocycles. The van der Waals surface area contributed by atoms with Gasteiger partial charge in [0, 0.05) is 6.20 Å². The van der Waals surface area contributed by atoms with Crippen LogP contribution in [0.15, 0.2) is 42.6 Å². The van der Waals surface area contributed by atoms with Gasteiger partial charge < -0.3 is 4.74 Å². The van der Waals surface area contributed by atoms with Crippen LogP contribution in [-0.4, -0.2) is 27.6 Å². The molecule has 2 aromatic rings. The molecule has 0 aliphatic carbocycles. The van der Waals surface area contributed by atoms with Crippen molar-refractivity contribution in [3.05, 3.63) is 58.4 Å². The van der Waals surface area contributed by atoms with E-state index in [0.29, 0.717) is 6.61 Å². The quantitative estimate of drug-likeness (QED) is 0.516. The fourth-order valence-corrected chi connectivity index (χ4v) is 1.79. The molecule has 0 radical (unpaired) electrons. The molecule has 1 N–H and O–H groups in total. The van der Waals surface area contributed by atoms with Crippen LogP contribution >= 0.6 is 0 Å². The Morgan fingerprint density at radius 1 is 1.41 bits per heavy atom. The van der Waals surface area contributed by atoms with Crippen LogP contribution in [0, 0.1) is 10.1 Å². The molecule has 0 saturated heterocycles. The lowest BCUT2D eigenvalue weighted by Gasteiger charge is -2.15. The van der Waals surface area contributed by atoms with E-state index in [0.717, 1.165) is 6.07 Å². The van der Waals surface area contributed by atoms with E-state index >= 15 is 0 Å². The molecule has 0 atom stereocenters. The first-order valence-electron chi connectivity index (χ1n) is 6.40. The largest absolute Gasteiger partial charge is 0.494 e. The number of aromatic nitrogens is 1. The first-order chi connectivity index (χ1) is 10.5. The SMILES string of the molecule is CCOc1ccc(N(O)C(=O)c2ccccn2)c([N+](=O)[O-])c1. The van der Waals surface area contributed by atoms with Crippen molar-refractivity contribution in [3.63, 3.8) is 0 Å². The van der Waals surface area contributed by atoms with Crippen molar-refractivity contribution in [2.75, 3.05) is 11.7 Å². The van der Waals surface area contributed by atoms with Crippen molar-refractivity contribution in [3.8, 4) is 5.75 Å². The van der Waals surface area contributed by atoms with Gasteiger partial charge in [-0.05, 0) is 31.2 Å². The number of hydrogen-bond acceptors (Lipinski definition) is 6. The van der Waals surface area contributed by atoms with Crippen LogP contribution in [0.2, 0.25) is 0 Å². The minimum atomic E-state index is -0.868. The molecule has 2 rings (SSSR count). The molecule has 0 fully saturated rings. The maximum absolute atomic E-state index is 12.1. The van der Waals surface area contributed by atoms with Gasteiger partial charge >= 0.3 is 5.91 Å². The van der Waals surface area contributed by atoms with E-state index < -0.39 is 16.5 Å². The third-order valence-electron chi connectivity index (χ3n) is 2.76. The molecule has 0 aliphatic heterocycles. The molecule has 0 spiro atoms. The number of amides is 1. The zero-order chi connectivity index (χ0) is 16.1. The van der Waals surface area contributed by atoms with Crippen LogP contribution in [0.3, 0.4) is 0 Å². The normalized spacial score (nSPS) is 10.1. The second kappa shape index (κ2) is 6.64. The highest BCUT2D eigenvalue weighted by Gasteiger charge is 2.25. The van der Waals surface area contributed by atoms with Gasteiger partial charge in [0.1, 0.15) is 11.4 Å². The lowest BCUT2D eigenvalue weighted by Crippen LogP contribution is -2.28. The second-order valence-electron chi connectivity index (χ2n) is 4.17. The van der Waals surface area contributed by atoms with E-state index in [-0.39, 0.29) is 22.2 Å². The molecular formula is C14H13N3O5. The molecule has 8 heteroatoms. The van der Waals surface area contributed by atoms with Crippen molar-refractivity contribution < 1.29 is 19.7 Å². The molecule has 0 aliphatic rings. The number of nitrogens with zero attached hydrogens (tertiary/aromatic N) is 3. The number of ether oxygens (including phenoxy) is 1. The molecule has 1 aromatic carbocycles. The lowest BCUT2D eigenvalue weighted by atomic mass is 10.2. The van der Waals surface area contributed by atoms with Gasteiger partial charge in [-0.15, -0.1) is 0 Å². The average Bonchev–Trinajstić information content (AvgIpc) is 2.54. The highest BCUT2D eigenvalue weighted by molar-refractivity contribution is 6.04. The maximum atomic E-state index is 12.1. The zero-order valence-electron chi connectivity index (χ0n) is 11.7. The number of nitro benzene ring substituents is 1. The predicted octanol–water partition coefficient (Wildman–Crippen LogP) is 2.42. The summed E-state index contributed by atoms with van der Waals surface area (Å²) in [5.41, 5.74) is -0.741. The fourth-order valence-electron chi connectivity index (χ4n) is 1.79. The Bertz CT molecular complexity index is 690. The van der Waals surface area contributed by atoms with Gasteiger partial charge in [-0.1, -0.05) is 6.07 Å². The first kappa shape index (κ1) is 15.4. The molecule has 1 aromatic heterocycles. The number of hydrogen-bond donors (Lipinski definition) is 1. The van der Waals surface area contributed by atoms with Crippen LogP contribution < -0.4 is 9.80 Å². The number of pyridine rings is 1. The molecular weight excluding hydrogens is 290 g/mol. The molecule has 22 heavy (non-hydrogen) atoms. The van der Waals surface area contributed by atoms with Crippen LogP contribution in [0.1, 0.15) is 17.4 Å². The maximum Gasteiger partial charge on any atom is 0.300 e. The van der Waals surface area contributed by atoms with Gasteiger partial charge in [0.2, 0.25) is 0 Å². The first-order valence-corrected chi connectivity index (χ1v) is 6.40. The second-order valence-corrected chi connectivity index (χ2v) is 4.17. The summed E-state index contributed by atoms with van der Waals surface area (Å²) in [6, 6.07) is 8.39. The van der Waals surface area contributed by atoms with E-state index in [2.05, 4.69) is 4.98 Å². The molecule has 1 amide bonds. The lowest BCUT2D eigenvalue weighted by molar-refractivity contribution is -0.384. The Morgan fingerprint density at radius 2 is 2.18 bits per heavy atom. The number of rotatable bonds is 5. The number of carbonyl (C=O) groups excluding carboxylic acids is 1. The highest BCUT2D eigenvalue weighted by atomic mass is 16.6. The third-order valence-corrected chi connectivity index (χ3v) is 2.76. The van der Waals surface area contributed by atoms with Crippen LogP contribution in [-0.2, 0) is 0 Å². The number of nitro groups is 1. The standard InChI is InChI=1S/C14H13N3O5/c1-2-22-10-6-7-12(13(9-10)17(20)21)16(19)14(18)11-5-3-4-8-15-11/h3-9,19H,2H2,1H3.